The minimum atomic E-state index is -0.254. The predicted molar refractivity (Wildman–Crippen MR) is 121 cm³/mol. The van der Waals surface area contributed by atoms with Crippen LogP contribution in [0.3, 0.4) is 0 Å². The fourth-order valence-electron chi connectivity index (χ4n) is 4.14. The van der Waals surface area contributed by atoms with Gasteiger partial charge in [0.2, 0.25) is 5.91 Å². The van der Waals surface area contributed by atoms with Crippen LogP contribution in [0.25, 0.3) is 0 Å². The van der Waals surface area contributed by atoms with Crippen molar-refractivity contribution in [1.82, 2.24) is 4.90 Å². The molecule has 3 aromatic carbocycles. The van der Waals surface area contributed by atoms with E-state index in [-0.39, 0.29) is 11.8 Å². The molecule has 4 rings (SSSR count). The molecular weight excluding hydrogens is 372 g/mol. The van der Waals surface area contributed by atoms with Crippen LogP contribution in [-0.4, -0.2) is 37.0 Å². The Bertz CT molecular complexity index is 912. The van der Waals surface area contributed by atoms with Crippen molar-refractivity contribution in [2.24, 2.45) is 0 Å². The first-order valence-electron chi connectivity index (χ1n) is 10.5. The van der Waals surface area contributed by atoms with Crippen molar-refractivity contribution in [3.63, 3.8) is 0 Å². The molecule has 4 heteroatoms. The molecule has 0 spiro atoms. The molecule has 0 unspecified atom stereocenters. The highest BCUT2D eigenvalue weighted by atomic mass is 16.5. The van der Waals surface area contributed by atoms with Gasteiger partial charge >= 0.3 is 0 Å². The van der Waals surface area contributed by atoms with Crippen molar-refractivity contribution in [3.8, 4) is 5.75 Å². The SMILES string of the molecule is COc1cccc(NC2CCN(C(=O)C(c3ccccc3)c3ccccc3)CC2)c1. The summed E-state index contributed by atoms with van der Waals surface area (Å²) >= 11 is 0. The van der Waals surface area contributed by atoms with Gasteiger partial charge in [-0.15, -0.1) is 0 Å². The Labute approximate surface area is 178 Å². The van der Waals surface area contributed by atoms with E-state index in [2.05, 4.69) is 11.4 Å². The van der Waals surface area contributed by atoms with E-state index in [0.29, 0.717) is 6.04 Å². The van der Waals surface area contributed by atoms with Crippen LogP contribution in [-0.2, 0) is 4.79 Å². The maximum absolute atomic E-state index is 13.5. The van der Waals surface area contributed by atoms with Crippen LogP contribution >= 0.6 is 0 Å². The highest BCUT2D eigenvalue weighted by Crippen LogP contribution is 2.29. The molecular formula is C26H28N2O2. The lowest BCUT2D eigenvalue weighted by Crippen LogP contribution is -2.44. The van der Waals surface area contributed by atoms with E-state index in [1.54, 1.807) is 7.11 Å². The maximum Gasteiger partial charge on any atom is 0.234 e. The van der Waals surface area contributed by atoms with Gasteiger partial charge in [-0.1, -0.05) is 66.7 Å². The van der Waals surface area contributed by atoms with Gasteiger partial charge in [-0.05, 0) is 36.1 Å². The molecule has 1 aliphatic heterocycles. The second-order valence-corrected chi connectivity index (χ2v) is 7.73. The number of hydrogen-bond donors (Lipinski definition) is 1. The molecule has 0 radical (unpaired) electrons. The Morgan fingerprint density at radius 2 is 1.50 bits per heavy atom. The molecule has 3 aromatic rings. The van der Waals surface area contributed by atoms with Crippen LogP contribution in [0.5, 0.6) is 5.75 Å². The van der Waals surface area contributed by atoms with E-state index in [1.165, 1.54) is 0 Å². The lowest BCUT2D eigenvalue weighted by Gasteiger charge is -2.35. The number of likely N-dealkylation sites (tertiary alicyclic amines) is 1. The standard InChI is InChI=1S/C26H28N2O2/c1-30-24-14-8-13-23(19-24)27-22-15-17-28(18-16-22)26(29)25(20-9-4-2-5-10-20)21-11-6-3-7-12-21/h2-14,19,22,25,27H,15-18H2,1H3. The van der Waals surface area contributed by atoms with Gasteiger partial charge in [0.05, 0.1) is 13.0 Å². The highest BCUT2D eigenvalue weighted by molar-refractivity contribution is 5.87. The molecule has 1 N–H and O–H groups in total. The zero-order valence-electron chi connectivity index (χ0n) is 17.3. The van der Waals surface area contributed by atoms with Gasteiger partial charge in [0.1, 0.15) is 5.75 Å². The first-order valence-corrected chi connectivity index (χ1v) is 10.5. The number of ether oxygens (including phenoxy) is 1. The third-order valence-electron chi connectivity index (χ3n) is 5.76. The minimum absolute atomic E-state index is 0.187. The lowest BCUT2D eigenvalue weighted by molar-refractivity contribution is -0.132. The van der Waals surface area contributed by atoms with Crippen LogP contribution in [0.2, 0.25) is 0 Å². The molecule has 1 fully saturated rings. The van der Waals surface area contributed by atoms with Gasteiger partial charge in [0.15, 0.2) is 0 Å². The second kappa shape index (κ2) is 9.49. The summed E-state index contributed by atoms with van der Waals surface area (Å²) in [5.74, 6) is 0.781. The summed E-state index contributed by atoms with van der Waals surface area (Å²) in [4.78, 5) is 15.6. The smallest absolute Gasteiger partial charge is 0.234 e. The molecule has 30 heavy (non-hydrogen) atoms. The summed E-state index contributed by atoms with van der Waals surface area (Å²) in [6.07, 6.45) is 1.86. The molecule has 1 saturated heterocycles. The Balaban J connectivity index is 1.44. The quantitative estimate of drug-likeness (QED) is 0.638. The third kappa shape index (κ3) is 4.65. The molecule has 0 bridgehead atoms. The van der Waals surface area contributed by atoms with Crippen LogP contribution in [0, 0.1) is 0 Å². The number of amides is 1. The molecule has 0 saturated carbocycles. The second-order valence-electron chi connectivity index (χ2n) is 7.73. The average Bonchev–Trinajstić information content (AvgIpc) is 2.81. The number of rotatable bonds is 6. The summed E-state index contributed by atoms with van der Waals surface area (Å²) in [5.41, 5.74) is 3.15. The number of carbonyl (C=O) groups is 1. The molecule has 1 heterocycles. The van der Waals surface area contributed by atoms with E-state index >= 15 is 0 Å². The molecule has 4 nitrogen and oxygen atoms in total. The zero-order chi connectivity index (χ0) is 20.8. The van der Waals surface area contributed by atoms with Crippen molar-refractivity contribution >= 4 is 11.6 Å². The van der Waals surface area contributed by atoms with Gasteiger partial charge in [0, 0.05) is 30.9 Å². The predicted octanol–water partition coefficient (Wildman–Crippen LogP) is 4.93. The Morgan fingerprint density at radius 3 is 2.07 bits per heavy atom. The van der Waals surface area contributed by atoms with E-state index < -0.39 is 0 Å². The number of hydrogen-bond acceptors (Lipinski definition) is 3. The van der Waals surface area contributed by atoms with Crippen molar-refractivity contribution in [2.75, 3.05) is 25.5 Å². The molecule has 154 valence electrons. The Morgan fingerprint density at radius 1 is 0.900 bits per heavy atom. The first kappa shape index (κ1) is 20.0. The van der Waals surface area contributed by atoms with E-state index in [1.807, 2.05) is 83.8 Å². The van der Waals surface area contributed by atoms with Crippen molar-refractivity contribution < 1.29 is 9.53 Å². The van der Waals surface area contributed by atoms with Crippen molar-refractivity contribution in [1.29, 1.82) is 0 Å². The Hall–Kier alpha value is -3.27. The highest BCUT2D eigenvalue weighted by Gasteiger charge is 2.30. The Kier molecular flexibility index (Phi) is 6.33. The largest absolute Gasteiger partial charge is 0.497 e. The minimum Gasteiger partial charge on any atom is -0.497 e. The molecule has 0 aliphatic carbocycles. The topological polar surface area (TPSA) is 41.6 Å². The number of benzene rings is 3. The molecule has 0 atom stereocenters. The normalized spacial score (nSPS) is 14.5. The number of methoxy groups -OCH3 is 1. The fourth-order valence-corrected chi connectivity index (χ4v) is 4.14. The number of carbonyl (C=O) groups excluding carboxylic acids is 1. The summed E-state index contributed by atoms with van der Waals surface area (Å²) < 4.78 is 5.31. The summed E-state index contributed by atoms with van der Waals surface area (Å²) in [7, 11) is 1.68. The summed E-state index contributed by atoms with van der Waals surface area (Å²) in [5, 5.41) is 3.59. The van der Waals surface area contributed by atoms with Gasteiger partial charge in [-0.2, -0.15) is 0 Å². The van der Waals surface area contributed by atoms with E-state index in [0.717, 1.165) is 48.5 Å². The number of nitrogens with one attached hydrogen (secondary N) is 1. The van der Waals surface area contributed by atoms with Crippen LogP contribution < -0.4 is 10.1 Å². The van der Waals surface area contributed by atoms with E-state index in [4.69, 9.17) is 4.74 Å². The number of nitrogens with zero attached hydrogens (tertiary/aromatic N) is 1. The van der Waals surface area contributed by atoms with Gasteiger partial charge in [-0.3, -0.25) is 4.79 Å². The number of anilines is 1. The van der Waals surface area contributed by atoms with Crippen LogP contribution in [0.4, 0.5) is 5.69 Å². The maximum atomic E-state index is 13.5. The van der Waals surface area contributed by atoms with Gasteiger partial charge in [0.25, 0.3) is 0 Å². The average molecular weight is 401 g/mol. The molecule has 0 aromatic heterocycles. The van der Waals surface area contributed by atoms with Crippen LogP contribution in [0.1, 0.15) is 29.9 Å². The van der Waals surface area contributed by atoms with Crippen molar-refractivity contribution in [3.05, 3.63) is 96.1 Å². The number of piperidine rings is 1. The summed E-state index contributed by atoms with van der Waals surface area (Å²) in [6.45, 7) is 1.52. The first-order chi connectivity index (χ1) is 14.7. The molecule has 1 aliphatic rings. The zero-order valence-corrected chi connectivity index (χ0v) is 17.3. The fraction of sp³-hybridized carbons (Fsp3) is 0.269. The summed E-state index contributed by atoms with van der Waals surface area (Å²) in [6, 6.07) is 28.5. The van der Waals surface area contributed by atoms with E-state index in [9.17, 15) is 4.79 Å². The van der Waals surface area contributed by atoms with Crippen molar-refractivity contribution in [2.45, 2.75) is 24.8 Å². The monoisotopic (exact) mass is 400 g/mol. The van der Waals surface area contributed by atoms with Gasteiger partial charge in [-0.25, -0.2) is 0 Å². The molecule has 1 amide bonds. The van der Waals surface area contributed by atoms with Crippen LogP contribution in [0.15, 0.2) is 84.9 Å². The van der Waals surface area contributed by atoms with Gasteiger partial charge < -0.3 is 15.0 Å². The third-order valence-corrected chi connectivity index (χ3v) is 5.76. The lowest BCUT2D eigenvalue weighted by atomic mass is 9.89.